The highest BCUT2D eigenvalue weighted by molar-refractivity contribution is 5.89. The van der Waals surface area contributed by atoms with Gasteiger partial charge < -0.3 is 20.7 Å². The summed E-state index contributed by atoms with van der Waals surface area (Å²) < 4.78 is 5.21. The Balaban J connectivity index is 1.99. The molecule has 0 atom stereocenters. The van der Waals surface area contributed by atoms with E-state index in [2.05, 4.69) is 17.2 Å². The number of hydrogen-bond acceptors (Lipinski definition) is 3. The Kier molecular flexibility index (Phi) is 4.78. The minimum Gasteiger partial charge on any atom is -0.378 e. The number of urea groups is 1. The lowest BCUT2D eigenvalue weighted by Crippen LogP contribution is -2.43. The van der Waals surface area contributed by atoms with Gasteiger partial charge in [0, 0.05) is 24.3 Å². The lowest BCUT2D eigenvalue weighted by molar-refractivity contribution is 0.0564. The van der Waals surface area contributed by atoms with Crippen LogP contribution in [-0.4, -0.2) is 43.8 Å². The smallest absolute Gasteiger partial charge is 0.322 e. The average molecular weight is 259 g/mol. The largest absolute Gasteiger partial charge is 0.378 e. The lowest BCUT2D eigenvalue weighted by Gasteiger charge is -2.26. The molecule has 5 nitrogen and oxygen atoms in total. The van der Waals surface area contributed by atoms with Gasteiger partial charge in [-0.05, 0) is 18.2 Å². The van der Waals surface area contributed by atoms with E-state index in [0.717, 1.165) is 11.3 Å². The summed E-state index contributed by atoms with van der Waals surface area (Å²) in [6.07, 6.45) is 0. The summed E-state index contributed by atoms with van der Waals surface area (Å²) in [5, 5.41) is 2.86. The third-order valence-corrected chi connectivity index (χ3v) is 2.75. The average Bonchev–Trinajstić information content (AvgIpc) is 2.46. The SMILES string of the molecule is NCC#Cc1cccc(NC(=O)N2CCOCC2)c1. The van der Waals surface area contributed by atoms with Crippen molar-refractivity contribution in [2.24, 2.45) is 5.73 Å². The maximum absolute atomic E-state index is 12.0. The van der Waals surface area contributed by atoms with Crippen LogP contribution in [0.5, 0.6) is 0 Å². The van der Waals surface area contributed by atoms with E-state index in [9.17, 15) is 4.79 Å². The topological polar surface area (TPSA) is 67.6 Å². The molecular weight excluding hydrogens is 242 g/mol. The number of morpholine rings is 1. The van der Waals surface area contributed by atoms with Crippen molar-refractivity contribution in [1.29, 1.82) is 0 Å². The van der Waals surface area contributed by atoms with Gasteiger partial charge in [0.05, 0.1) is 19.8 Å². The number of anilines is 1. The maximum atomic E-state index is 12.0. The van der Waals surface area contributed by atoms with Crippen molar-refractivity contribution < 1.29 is 9.53 Å². The molecule has 1 aromatic carbocycles. The van der Waals surface area contributed by atoms with E-state index < -0.39 is 0 Å². The molecule has 3 N–H and O–H groups in total. The van der Waals surface area contributed by atoms with Crippen molar-refractivity contribution in [3.05, 3.63) is 29.8 Å². The standard InChI is InChI=1S/C14H17N3O2/c15-6-2-4-12-3-1-5-13(11-12)16-14(18)17-7-9-19-10-8-17/h1,3,5,11H,6-10,15H2,(H,16,18). The molecule has 1 heterocycles. The molecule has 19 heavy (non-hydrogen) atoms. The van der Waals surface area contributed by atoms with Crippen molar-refractivity contribution in [2.45, 2.75) is 0 Å². The highest BCUT2D eigenvalue weighted by Gasteiger charge is 2.16. The molecule has 1 aliphatic heterocycles. The molecule has 0 radical (unpaired) electrons. The molecule has 5 heteroatoms. The molecule has 1 aliphatic rings. The second-order valence-corrected chi connectivity index (χ2v) is 4.12. The van der Waals surface area contributed by atoms with Gasteiger partial charge in [-0.3, -0.25) is 0 Å². The Morgan fingerprint density at radius 1 is 1.42 bits per heavy atom. The summed E-state index contributed by atoms with van der Waals surface area (Å²) >= 11 is 0. The molecule has 0 bridgehead atoms. The fourth-order valence-electron chi connectivity index (χ4n) is 1.80. The van der Waals surface area contributed by atoms with Crippen LogP contribution in [-0.2, 0) is 4.74 Å². The highest BCUT2D eigenvalue weighted by Crippen LogP contribution is 2.11. The Labute approximate surface area is 112 Å². The normalized spacial score (nSPS) is 14.5. The molecule has 0 unspecified atom stereocenters. The quantitative estimate of drug-likeness (QED) is 0.735. The van der Waals surface area contributed by atoms with Crippen molar-refractivity contribution >= 4 is 11.7 Å². The number of hydrogen-bond donors (Lipinski definition) is 2. The molecule has 1 fully saturated rings. The molecular formula is C14H17N3O2. The number of carbonyl (C=O) groups excluding carboxylic acids is 1. The van der Waals surface area contributed by atoms with Crippen LogP contribution in [0.3, 0.4) is 0 Å². The van der Waals surface area contributed by atoms with Gasteiger partial charge in [-0.1, -0.05) is 17.9 Å². The van der Waals surface area contributed by atoms with Gasteiger partial charge in [0.15, 0.2) is 0 Å². The van der Waals surface area contributed by atoms with Crippen molar-refractivity contribution in [1.82, 2.24) is 4.90 Å². The predicted molar refractivity (Wildman–Crippen MR) is 73.8 cm³/mol. The Hall–Kier alpha value is -2.03. The first-order chi connectivity index (χ1) is 9.29. The second kappa shape index (κ2) is 6.78. The van der Waals surface area contributed by atoms with Gasteiger partial charge in [0.2, 0.25) is 0 Å². The zero-order valence-corrected chi connectivity index (χ0v) is 10.7. The summed E-state index contributed by atoms with van der Waals surface area (Å²) in [6, 6.07) is 7.31. The summed E-state index contributed by atoms with van der Waals surface area (Å²) in [4.78, 5) is 13.7. The first-order valence-corrected chi connectivity index (χ1v) is 6.22. The van der Waals surface area contributed by atoms with Gasteiger partial charge in [-0.25, -0.2) is 4.79 Å². The van der Waals surface area contributed by atoms with Gasteiger partial charge >= 0.3 is 6.03 Å². The van der Waals surface area contributed by atoms with E-state index in [1.165, 1.54) is 0 Å². The fraction of sp³-hybridized carbons (Fsp3) is 0.357. The van der Waals surface area contributed by atoms with Crippen LogP contribution in [0.25, 0.3) is 0 Å². The lowest BCUT2D eigenvalue weighted by atomic mass is 10.2. The number of nitrogens with two attached hydrogens (primary N) is 1. The predicted octanol–water partition coefficient (Wildman–Crippen LogP) is 0.861. The van der Waals surface area contributed by atoms with E-state index in [-0.39, 0.29) is 6.03 Å². The van der Waals surface area contributed by atoms with E-state index in [0.29, 0.717) is 32.8 Å². The molecule has 1 aromatic rings. The second-order valence-electron chi connectivity index (χ2n) is 4.12. The minimum atomic E-state index is -0.104. The molecule has 100 valence electrons. The van der Waals surface area contributed by atoms with Crippen LogP contribution in [0.1, 0.15) is 5.56 Å². The van der Waals surface area contributed by atoms with Crippen LogP contribution in [0, 0.1) is 11.8 Å². The van der Waals surface area contributed by atoms with Crippen LogP contribution >= 0.6 is 0 Å². The number of benzene rings is 1. The first-order valence-electron chi connectivity index (χ1n) is 6.22. The molecule has 2 rings (SSSR count). The zero-order chi connectivity index (χ0) is 13.5. The number of nitrogens with zero attached hydrogens (tertiary/aromatic N) is 1. The Morgan fingerprint density at radius 3 is 2.95 bits per heavy atom. The van der Waals surface area contributed by atoms with Crippen molar-refractivity contribution in [2.75, 3.05) is 38.2 Å². The van der Waals surface area contributed by atoms with E-state index in [4.69, 9.17) is 10.5 Å². The van der Waals surface area contributed by atoms with Gasteiger partial charge in [0.25, 0.3) is 0 Å². The third kappa shape index (κ3) is 3.98. The third-order valence-electron chi connectivity index (χ3n) is 2.75. The zero-order valence-electron chi connectivity index (χ0n) is 10.7. The molecule has 1 saturated heterocycles. The summed E-state index contributed by atoms with van der Waals surface area (Å²) in [6.45, 7) is 2.76. The number of ether oxygens (including phenoxy) is 1. The number of nitrogens with one attached hydrogen (secondary N) is 1. The van der Waals surface area contributed by atoms with Crippen molar-refractivity contribution in [3.8, 4) is 11.8 Å². The first kappa shape index (κ1) is 13.4. The summed E-state index contributed by atoms with van der Waals surface area (Å²) in [5.41, 5.74) is 6.91. The van der Waals surface area contributed by atoms with Crippen LogP contribution < -0.4 is 11.1 Å². The number of carbonyl (C=O) groups is 1. The van der Waals surface area contributed by atoms with Gasteiger partial charge in [-0.2, -0.15) is 0 Å². The van der Waals surface area contributed by atoms with Crippen LogP contribution in [0.4, 0.5) is 10.5 Å². The molecule has 2 amide bonds. The molecule has 0 aromatic heterocycles. The highest BCUT2D eigenvalue weighted by atomic mass is 16.5. The van der Waals surface area contributed by atoms with Crippen LogP contribution in [0.2, 0.25) is 0 Å². The monoisotopic (exact) mass is 259 g/mol. The van der Waals surface area contributed by atoms with E-state index in [1.54, 1.807) is 4.90 Å². The molecule has 0 aliphatic carbocycles. The van der Waals surface area contributed by atoms with E-state index >= 15 is 0 Å². The van der Waals surface area contributed by atoms with Crippen molar-refractivity contribution in [3.63, 3.8) is 0 Å². The van der Waals surface area contributed by atoms with Gasteiger partial charge in [-0.15, -0.1) is 0 Å². The molecule has 0 spiro atoms. The van der Waals surface area contributed by atoms with Crippen LogP contribution in [0.15, 0.2) is 24.3 Å². The number of rotatable bonds is 1. The summed E-state index contributed by atoms with van der Waals surface area (Å²) in [7, 11) is 0. The fourth-order valence-corrected chi connectivity index (χ4v) is 1.80. The minimum absolute atomic E-state index is 0.104. The Bertz CT molecular complexity index is 499. The maximum Gasteiger partial charge on any atom is 0.322 e. The van der Waals surface area contributed by atoms with Gasteiger partial charge in [0.1, 0.15) is 0 Å². The number of amides is 2. The van der Waals surface area contributed by atoms with E-state index in [1.807, 2.05) is 24.3 Å². The Morgan fingerprint density at radius 2 is 2.21 bits per heavy atom. The summed E-state index contributed by atoms with van der Waals surface area (Å²) in [5.74, 6) is 5.72. The molecule has 0 saturated carbocycles.